The molecular formula is C17H14N2O6S2. The highest BCUT2D eigenvalue weighted by atomic mass is 32.2. The first-order valence-corrected chi connectivity index (χ1v) is 10.2. The van der Waals surface area contributed by atoms with Crippen LogP contribution in [0, 0.1) is 6.92 Å². The predicted octanol–water partition coefficient (Wildman–Crippen LogP) is 3.00. The Morgan fingerprint density at radius 2 is 2.04 bits per heavy atom. The zero-order valence-electron chi connectivity index (χ0n) is 14.1. The first-order chi connectivity index (χ1) is 12.9. The number of fused-ring (bicyclic) bond motifs is 1. The van der Waals surface area contributed by atoms with Crippen molar-refractivity contribution < 1.29 is 27.2 Å². The number of aromatic nitrogens is 1. The Balaban J connectivity index is 1.60. The van der Waals surface area contributed by atoms with Crippen LogP contribution in [0.15, 0.2) is 45.3 Å². The van der Waals surface area contributed by atoms with E-state index < -0.39 is 10.0 Å². The van der Waals surface area contributed by atoms with Crippen LogP contribution in [0.4, 0.5) is 5.82 Å². The van der Waals surface area contributed by atoms with E-state index in [4.69, 9.17) is 9.47 Å². The molecule has 1 aliphatic rings. The van der Waals surface area contributed by atoms with Crippen LogP contribution < -0.4 is 14.2 Å². The Bertz CT molecular complexity index is 1100. The van der Waals surface area contributed by atoms with Gasteiger partial charge in [-0.2, -0.15) is 0 Å². The van der Waals surface area contributed by atoms with Crippen molar-refractivity contribution in [3.05, 3.63) is 51.9 Å². The lowest BCUT2D eigenvalue weighted by molar-refractivity contribution is 0.0994. The van der Waals surface area contributed by atoms with Gasteiger partial charge in [-0.1, -0.05) is 5.16 Å². The number of nitrogens with one attached hydrogen (secondary N) is 1. The lowest BCUT2D eigenvalue weighted by Gasteiger charge is -2.08. The number of ketones is 1. The fourth-order valence-corrected chi connectivity index (χ4v) is 5.08. The van der Waals surface area contributed by atoms with Crippen LogP contribution >= 0.6 is 11.3 Å². The molecule has 0 unspecified atom stereocenters. The molecule has 3 heterocycles. The minimum atomic E-state index is -3.96. The van der Waals surface area contributed by atoms with Crippen molar-refractivity contribution in [2.24, 2.45) is 0 Å². The molecule has 4 rings (SSSR count). The summed E-state index contributed by atoms with van der Waals surface area (Å²) in [5, 5.41) is 5.09. The van der Waals surface area contributed by atoms with E-state index in [-0.39, 0.29) is 34.6 Å². The molecule has 0 amide bonds. The Labute approximate surface area is 158 Å². The molecule has 27 heavy (non-hydrogen) atoms. The number of rotatable bonds is 6. The lowest BCUT2D eigenvalue weighted by atomic mass is 10.0. The number of anilines is 1. The molecule has 0 spiro atoms. The molecular weight excluding hydrogens is 392 g/mol. The van der Waals surface area contributed by atoms with Gasteiger partial charge >= 0.3 is 0 Å². The second-order valence-electron chi connectivity index (χ2n) is 5.84. The molecule has 0 saturated carbocycles. The van der Waals surface area contributed by atoms with Gasteiger partial charge in [0.2, 0.25) is 6.79 Å². The smallest absolute Gasteiger partial charge is 0.264 e. The lowest BCUT2D eigenvalue weighted by Crippen LogP contribution is -2.16. The van der Waals surface area contributed by atoms with E-state index in [1.165, 1.54) is 18.4 Å². The van der Waals surface area contributed by atoms with Gasteiger partial charge in [0.1, 0.15) is 11.2 Å². The number of sulfonamides is 1. The summed E-state index contributed by atoms with van der Waals surface area (Å²) in [5.41, 5.74) is 1.62. The molecule has 0 radical (unpaired) electrons. The van der Waals surface area contributed by atoms with Crippen molar-refractivity contribution in [3.8, 4) is 11.5 Å². The number of ether oxygens (including phenoxy) is 2. The Kier molecular flexibility index (Phi) is 4.36. The number of aryl methyl sites for hydroxylation is 1. The summed E-state index contributed by atoms with van der Waals surface area (Å²) in [6, 6.07) is 6.34. The Morgan fingerprint density at radius 3 is 2.78 bits per heavy atom. The van der Waals surface area contributed by atoms with E-state index in [1.54, 1.807) is 11.4 Å². The van der Waals surface area contributed by atoms with Crippen LogP contribution in [0.1, 0.15) is 20.8 Å². The van der Waals surface area contributed by atoms with Gasteiger partial charge in [-0.15, -0.1) is 11.3 Å². The molecule has 0 fully saturated rings. The van der Waals surface area contributed by atoms with Crippen LogP contribution in [-0.4, -0.2) is 26.2 Å². The van der Waals surface area contributed by atoms with E-state index in [1.807, 2.05) is 13.0 Å². The maximum atomic E-state index is 12.8. The second-order valence-corrected chi connectivity index (χ2v) is 8.40. The van der Waals surface area contributed by atoms with Gasteiger partial charge < -0.3 is 14.0 Å². The molecule has 1 aromatic carbocycles. The minimum absolute atomic E-state index is 0.0474. The number of benzene rings is 1. The molecule has 0 saturated heterocycles. The third-order valence-electron chi connectivity index (χ3n) is 4.03. The molecule has 2 aromatic heterocycles. The van der Waals surface area contributed by atoms with Gasteiger partial charge in [0.05, 0.1) is 4.88 Å². The maximum absolute atomic E-state index is 12.8. The molecule has 1 N–H and O–H groups in total. The van der Waals surface area contributed by atoms with Crippen molar-refractivity contribution in [2.45, 2.75) is 18.2 Å². The molecule has 0 aliphatic carbocycles. The molecule has 3 aromatic rings. The largest absolute Gasteiger partial charge is 0.454 e. The van der Waals surface area contributed by atoms with Crippen LogP contribution in [0.25, 0.3) is 0 Å². The molecule has 140 valence electrons. The van der Waals surface area contributed by atoms with E-state index in [0.717, 1.165) is 22.5 Å². The summed E-state index contributed by atoms with van der Waals surface area (Å²) >= 11 is 1.08. The van der Waals surface area contributed by atoms with Crippen LogP contribution in [0.2, 0.25) is 0 Å². The fraction of sp³-hybridized carbons (Fsp3) is 0.176. The van der Waals surface area contributed by atoms with Gasteiger partial charge in [0, 0.05) is 12.5 Å². The molecule has 0 atom stereocenters. The highest BCUT2D eigenvalue weighted by molar-refractivity contribution is 7.93. The predicted molar refractivity (Wildman–Crippen MR) is 97.0 cm³/mol. The van der Waals surface area contributed by atoms with Crippen LogP contribution in [0.3, 0.4) is 0 Å². The maximum Gasteiger partial charge on any atom is 0.264 e. The number of Topliss-reactive ketones (excluding diaryl/α,β-unsaturated/α-hetero) is 1. The summed E-state index contributed by atoms with van der Waals surface area (Å²) < 4.78 is 42.7. The van der Waals surface area contributed by atoms with E-state index in [9.17, 15) is 13.2 Å². The number of carbonyl (C=O) groups is 1. The third-order valence-corrected chi connectivity index (χ3v) is 6.51. The average molecular weight is 406 g/mol. The van der Waals surface area contributed by atoms with E-state index >= 15 is 0 Å². The van der Waals surface area contributed by atoms with Gasteiger partial charge in [0.25, 0.3) is 10.0 Å². The van der Waals surface area contributed by atoms with Crippen molar-refractivity contribution in [2.75, 3.05) is 11.5 Å². The minimum Gasteiger partial charge on any atom is -0.454 e. The first-order valence-electron chi connectivity index (χ1n) is 7.87. The van der Waals surface area contributed by atoms with Crippen molar-refractivity contribution in [3.63, 3.8) is 0 Å². The zero-order chi connectivity index (χ0) is 19.0. The standard InChI is InChI=1S/C17H14N2O6S2/c1-10-6-13-14(24-9-23-13)8-11(10)7-12(20)17-15(3-5-26-17)27(21,22)19-16-2-4-25-18-16/h2-6,8H,7,9H2,1H3,(H,18,19). The monoisotopic (exact) mass is 406 g/mol. The fourth-order valence-electron chi connectivity index (χ4n) is 2.70. The summed E-state index contributed by atoms with van der Waals surface area (Å²) in [5.74, 6) is 0.966. The summed E-state index contributed by atoms with van der Waals surface area (Å²) in [4.78, 5) is 12.9. The van der Waals surface area contributed by atoms with Crippen molar-refractivity contribution >= 4 is 33.0 Å². The number of hydrogen-bond acceptors (Lipinski definition) is 8. The van der Waals surface area contributed by atoms with Gasteiger partial charge in [-0.3, -0.25) is 9.52 Å². The average Bonchev–Trinajstić information content (AvgIpc) is 3.35. The second kappa shape index (κ2) is 6.71. The van der Waals surface area contributed by atoms with Crippen LogP contribution in [-0.2, 0) is 16.4 Å². The molecule has 10 heteroatoms. The first kappa shape index (κ1) is 17.6. The number of carbonyl (C=O) groups excluding carboxylic acids is 1. The number of thiophene rings is 1. The summed E-state index contributed by atoms with van der Waals surface area (Å²) in [6.07, 6.45) is 1.30. The van der Waals surface area contributed by atoms with Crippen LogP contribution in [0.5, 0.6) is 11.5 Å². The summed E-state index contributed by atoms with van der Waals surface area (Å²) in [6.45, 7) is 2.01. The Morgan fingerprint density at radius 1 is 1.26 bits per heavy atom. The summed E-state index contributed by atoms with van der Waals surface area (Å²) in [7, 11) is -3.96. The Hall–Kier alpha value is -2.85. The van der Waals surface area contributed by atoms with Gasteiger partial charge in [-0.05, 0) is 41.6 Å². The SMILES string of the molecule is Cc1cc2c(cc1CC(=O)c1sccc1S(=O)(=O)Nc1ccon1)OCO2. The van der Waals surface area contributed by atoms with Crippen molar-refractivity contribution in [1.29, 1.82) is 0 Å². The highest BCUT2D eigenvalue weighted by Gasteiger charge is 2.26. The van der Waals surface area contributed by atoms with Gasteiger partial charge in [-0.25, -0.2) is 8.42 Å². The molecule has 8 nitrogen and oxygen atoms in total. The quantitative estimate of drug-likeness (QED) is 0.627. The topological polar surface area (TPSA) is 108 Å². The normalized spacial score (nSPS) is 12.9. The zero-order valence-corrected chi connectivity index (χ0v) is 15.7. The van der Waals surface area contributed by atoms with E-state index in [2.05, 4.69) is 14.4 Å². The van der Waals surface area contributed by atoms with Gasteiger partial charge in [0.15, 0.2) is 23.1 Å². The molecule has 0 bridgehead atoms. The third kappa shape index (κ3) is 3.40. The number of hydrogen-bond donors (Lipinski definition) is 1. The molecule has 1 aliphatic heterocycles. The van der Waals surface area contributed by atoms with E-state index in [0.29, 0.717) is 11.5 Å². The van der Waals surface area contributed by atoms with Crippen molar-refractivity contribution in [1.82, 2.24) is 5.16 Å². The number of nitrogens with zero attached hydrogens (tertiary/aromatic N) is 1. The highest BCUT2D eigenvalue weighted by Crippen LogP contribution is 2.35.